The SMILES string of the molecule is CCCCCCC(C)(C)c1cc(=O)c2c([nH]1)OC(C)(C)[C@@H]1CC[C@@H](C)C[C@@H]21. The molecule has 0 unspecified atom stereocenters. The fraction of sp³-hybridized carbons (Fsp3) is 0.792. The van der Waals surface area contributed by atoms with Crippen LogP contribution in [0, 0.1) is 11.8 Å². The quantitative estimate of drug-likeness (QED) is 0.593. The number of pyridine rings is 1. The molecule has 1 aromatic heterocycles. The van der Waals surface area contributed by atoms with Gasteiger partial charge in [-0.3, -0.25) is 4.79 Å². The van der Waals surface area contributed by atoms with Gasteiger partial charge in [-0.2, -0.15) is 0 Å². The highest BCUT2D eigenvalue weighted by Crippen LogP contribution is 2.51. The van der Waals surface area contributed by atoms with Crippen molar-refractivity contribution < 1.29 is 4.74 Å². The zero-order chi connectivity index (χ0) is 19.8. The molecule has 1 N–H and O–H groups in total. The van der Waals surface area contributed by atoms with Gasteiger partial charge in [-0.15, -0.1) is 0 Å². The minimum absolute atomic E-state index is 0.0356. The van der Waals surface area contributed by atoms with Gasteiger partial charge in [0.15, 0.2) is 11.3 Å². The lowest BCUT2D eigenvalue weighted by atomic mass is 9.64. The Hall–Kier alpha value is -1.25. The molecular weight excluding hydrogens is 334 g/mol. The average Bonchev–Trinajstić information content (AvgIpc) is 2.57. The number of aromatic nitrogens is 1. The lowest BCUT2D eigenvalue weighted by Crippen LogP contribution is -2.48. The monoisotopic (exact) mass is 373 g/mol. The standard InChI is InChI=1S/C24H39NO2/c1-7-8-9-10-13-23(3,4)20-15-19(26)21-17-14-16(2)11-12-18(17)24(5,6)27-22(21)25-20/h15-18H,7-14H2,1-6H3,(H,25,26)/t16-,17-,18-/m1/s1. The zero-order valence-corrected chi connectivity index (χ0v) is 18.3. The smallest absolute Gasteiger partial charge is 0.199 e. The molecule has 1 aromatic rings. The van der Waals surface area contributed by atoms with Crippen LogP contribution in [-0.2, 0) is 5.41 Å². The van der Waals surface area contributed by atoms with Crippen LogP contribution in [0.3, 0.4) is 0 Å². The van der Waals surface area contributed by atoms with Crippen molar-refractivity contribution in [2.75, 3.05) is 0 Å². The molecule has 3 nitrogen and oxygen atoms in total. The van der Waals surface area contributed by atoms with E-state index in [0.717, 1.165) is 36.4 Å². The Labute approximate surface area is 165 Å². The molecule has 3 atom stereocenters. The van der Waals surface area contributed by atoms with Crippen LogP contribution in [-0.4, -0.2) is 10.6 Å². The molecule has 3 heteroatoms. The van der Waals surface area contributed by atoms with Crippen LogP contribution in [0.15, 0.2) is 10.9 Å². The summed E-state index contributed by atoms with van der Waals surface area (Å²) in [7, 11) is 0. The summed E-state index contributed by atoms with van der Waals surface area (Å²) < 4.78 is 6.43. The van der Waals surface area contributed by atoms with Gasteiger partial charge in [0.25, 0.3) is 0 Å². The van der Waals surface area contributed by atoms with E-state index in [1.54, 1.807) is 0 Å². The van der Waals surface area contributed by atoms with E-state index < -0.39 is 0 Å². The number of hydrogen-bond acceptors (Lipinski definition) is 2. The van der Waals surface area contributed by atoms with E-state index in [9.17, 15) is 4.79 Å². The molecular formula is C24H39NO2. The average molecular weight is 374 g/mol. The number of H-pyrrole nitrogens is 1. The first kappa shape index (κ1) is 20.5. The van der Waals surface area contributed by atoms with Crippen LogP contribution in [0.25, 0.3) is 0 Å². The van der Waals surface area contributed by atoms with Crippen molar-refractivity contribution in [3.8, 4) is 5.88 Å². The van der Waals surface area contributed by atoms with Crippen molar-refractivity contribution in [2.24, 2.45) is 11.8 Å². The summed E-state index contributed by atoms with van der Waals surface area (Å²) in [5, 5.41) is 0. The zero-order valence-electron chi connectivity index (χ0n) is 18.3. The summed E-state index contributed by atoms with van der Waals surface area (Å²) in [4.78, 5) is 16.7. The third-order valence-electron chi connectivity index (χ3n) is 7.16. The summed E-state index contributed by atoms with van der Waals surface area (Å²) in [6.45, 7) is 13.5. The summed E-state index contributed by atoms with van der Waals surface area (Å²) in [6, 6.07) is 1.87. The van der Waals surface area contributed by atoms with Gasteiger partial charge in [0.05, 0.1) is 5.56 Å². The van der Waals surface area contributed by atoms with E-state index in [4.69, 9.17) is 4.74 Å². The molecule has 0 saturated heterocycles. The number of rotatable bonds is 6. The van der Waals surface area contributed by atoms with Gasteiger partial charge in [0, 0.05) is 23.1 Å². The Balaban J connectivity index is 1.93. The van der Waals surface area contributed by atoms with Gasteiger partial charge in [-0.05, 0) is 44.9 Å². The number of ether oxygens (including phenoxy) is 1. The highest BCUT2D eigenvalue weighted by molar-refractivity contribution is 5.38. The Morgan fingerprint density at radius 3 is 2.67 bits per heavy atom. The van der Waals surface area contributed by atoms with Gasteiger partial charge in [-0.1, -0.05) is 59.8 Å². The highest BCUT2D eigenvalue weighted by Gasteiger charge is 2.47. The fourth-order valence-corrected chi connectivity index (χ4v) is 5.34. The maximum Gasteiger partial charge on any atom is 0.199 e. The van der Waals surface area contributed by atoms with Crippen LogP contribution in [0.1, 0.15) is 110 Å². The number of nitrogens with one attached hydrogen (secondary N) is 1. The van der Waals surface area contributed by atoms with Crippen LogP contribution >= 0.6 is 0 Å². The number of unbranched alkanes of at least 4 members (excludes halogenated alkanes) is 3. The molecule has 1 fully saturated rings. The van der Waals surface area contributed by atoms with Crippen molar-refractivity contribution in [3.63, 3.8) is 0 Å². The molecule has 1 aliphatic carbocycles. The molecule has 2 aliphatic rings. The second-order valence-corrected chi connectivity index (χ2v) is 10.3. The Morgan fingerprint density at radius 1 is 1.22 bits per heavy atom. The summed E-state index contributed by atoms with van der Waals surface area (Å²) in [5.74, 6) is 2.20. The predicted molar refractivity (Wildman–Crippen MR) is 113 cm³/mol. The van der Waals surface area contributed by atoms with Crippen LogP contribution in [0.5, 0.6) is 5.88 Å². The van der Waals surface area contributed by atoms with Crippen molar-refractivity contribution in [3.05, 3.63) is 27.5 Å². The Bertz CT molecular complexity index is 716. The molecule has 2 heterocycles. The predicted octanol–water partition coefficient (Wildman–Crippen LogP) is 6.31. The summed E-state index contributed by atoms with van der Waals surface area (Å²) in [6.07, 6.45) is 9.60. The maximum atomic E-state index is 13.2. The lowest BCUT2D eigenvalue weighted by molar-refractivity contribution is -0.0185. The van der Waals surface area contributed by atoms with Gasteiger partial charge < -0.3 is 9.72 Å². The lowest BCUT2D eigenvalue weighted by Gasteiger charge is -2.48. The molecule has 0 amide bonds. The van der Waals surface area contributed by atoms with Crippen molar-refractivity contribution in [1.82, 2.24) is 4.98 Å². The minimum Gasteiger partial charge on any atom is -0.472 e. The van der Waals surface area contributed by atoms with Gasteiger partial charge in [0.2, 0.25) is 0 Å². The molecule has 152 valence electrons. The first-order chi connectivity index (χ1) is 12.7. The van der Waals surface area contributed by atoms with Crippen LogP contribution < -0.4 is 10.2 Å². The molecule has 1 saturated carbocycles. The first-order valence-corrected chi connectivity index (χ1v) is 11.1. The second-order valence-electron chi connectivity index (χ2n) is 10.3. The largest absolute Gasteiger partial charge is 0.472 e. The normalized spacial score (nSPS) is 26.8. The maximum absolute atomic E-state index is 13.2. The van der Waals surface area contributed by atoms with Crippen molar-refractivity contribution in [1.29, 1.82) is 0 Å². The number of fused-ring (bicyclic) bond motifs is 3. The number of hydrogen-bond donors (Lipinski definition) is 1. The molecule has 0 bridgehead atoms. The number of aromatic amines is 1. The van der Waals surface area contributed by atoms with Gasteiger partial charge in [0.1, 0.15) is 5.60 Å². The molecule has 0 spiro atoms. The van der Waals surface area contributed by atoms with E-state index in [1.807, 2.05) is 6.07 Å². The molecule has 0 aromatic carbocycles. The fourth-order valence-electron chi connectivity index (χ4n) is 5.34. The second kappa shape index (κ2) is 7.64. The Morgan fingerprint density at radius 2 is 1.96 bits per heavy atom. The summed E-state index contributed by atoms with van der Waals surface area (Å²) in [5.41, 5.74) is 1.87. The van der Waals surface area contributed by atoms with Gasteiger partial charge in [-0.25, -0.2) is 0 Å². The third-order valence-corrected chi connectivity index (χ3v) is 7.16. The van der Waals surface area contributed by atoms with E-state index in [1.165, 1.54) is 32.1 Å². The van der Waals surface area contributed by atoms with E-state index in [2.05, 4.69) is 46.5 Å². The molecule has 1 aliphatic heterocycles. The van der Waals surface area contributed by atoms with E-state index in [0.29, 0.717) is 17.8 Å². The minimum atomic E-state index is -0.218. The van der Waals surface area contributed by atoms with Crippen molar-refractivity contribution in [2.45, 2.75) is 110 Å². The molecule has 0 radical (unpaired) electrons. The van der Waals surface area contributed by atoms with E-state index >= 15 is 0 Å². The highest BCUT2D eigenvalue weighted by atomic mass is 16.5. The van der Waals surface area contributed by atoms with Crippen LogP contribution in [0.2, 0.25) is 0 Å². The van der Waals surface area contributed by atoms with E-state index in [-0.39, 0.29) is 16.4 Å². The third kappa shape index (κ3) is 4.12. The van der Waals surface area contributed by atoms with Gasteiger partial charge >= 0.3 is 0 Å². The van der Waals surface area contributed by atoms with Crippen molar-refractivity contribution >= 4 is 0 Å². The molecule has 27 heavy (non-hydrogen) atoms. The first-order valence-electron chi connectivity index (χ1n) is 11.1. The Kier molecular flexibility index (Phi) is 5.80. The van der Waals surface area contributed by atoms with Crippen LogP contribution in [0.4, 0.5) is 0 Å². The molecule has 3 rings (SSSR count). The topological polar surface area (TPSA) is 42.1 Å². The summed E-state index contributed by atoms with van der Waals surface area (Å²) >= 11 is 0.